The number of methoxy groups -OCH3 is 1. The highest BCUT2D eigenvalue weighted by molar-refractivity contribution is 7.92. The van der Waals surface area contributed by atoms with Crippen LogP contribution in [0.1, 0.15) is 80.8 Å². The van der Waals surface area contributed by atoms with E-state index in [4.69, 9.17) is 25.8 Å². The van der Waals surface area contributed by atoms with Crippen LogP contribution in [0.5, 0.6) is 5.75 Å². The number of likely N-dealkylation sites (tertiary alicyclic amines) is 1. The van der Waals surface area contributed by atoms with Crippen LogP contribution in [-0.4, -0.2) is 85.0 Å². The molecular formula is C40H53ClN4O6S. The summed E-state index contributed by atoms with van der Waals surface area (Å²) >= 11 is 6.47. The first kappa shape index (κ1) is 37.2. The van der Waals surface area contributed by atoms with E-state index in [0.717, 1.165) is 55.8 Å². The van der Waals surface area contributed by atoms with E-state index in [1.54, 1.807) is 18.1 Å². The Morgan fingerprint density at radius 1 is 1.13 bits per heavy atom. The molecule has 1 N–H and O–H groups in total. The van der Waals surface area contributed by atoms with Crippen molar-refractivity contribution in [2.45, 2.75) is 82.8 Å². The van der Waals surface area contributed by atoms with Gasteiger partial charge in [0.05, 0.1) is 37.2 Å². The van der Waals surface area contributed by atoms with Gasteiger partial charge in [-0.3, -0.25) is 9.52 Å². The molecule has 12 heteroatoms. The topological polar surface area (TPSA) is 110 Å². The van der Waals surface area contributed by atoms with Gasteiger partial charge in [-0.05, 0) is 97.7 Å². The fraction of sp³-hybridized carbons (Fsp3) is 0.600. The van der Waals surface area contributed by atoms with Crippen molar-refractivity contribution in [2.24, 2.45) is 22.1 Å². The summed E-state index contributed by atoms with van der Waals surface area (Å²) in [5.74, 6) is 0.418. The number of benzene rings is 2. The van der Waals surface area contributed by atoms with E-state index in [2.05, 4.69) is 52.1 Å². The summed E-state index contributed by atoms with van der Waals surface area (Å²) in [6.07, 6.45) is 10.4. The van der Waals surface area contributed by atoms with Crippen molar-refractivity contribution >= 4 is 39.1 Å². The van der Waals surface area contributed by atoms with Crippen molar-refractivity contribution in [3.05, 3.63) is 70.3 Å². The number of urea groups is 1. The van der Waals surface area contributed by atoms with Gasteiger partial charge < -0.3 is 24.0 Å². The molecule has 282 valence electrons. The minimum absolute atomic E-state index is 0.0290. The number of aryl methyl sites for hydroxylation is 1. The third-order valence-corrected chi connectivity index (χ3v) is 14.3. The minimum Gasteiger partial charge on any atom is -0.490 e. The Morgan fingerprint density at radius 3 is 2.71 bits per heavy atom. The summed E-state index contributed by atoms with van der Waals surface area (Å²) in [5.41, 5.74) is 3.07. The van der Waals surface area contributed by atoms with Gasteiger partial charge in [-0.1, -0.05) is 57.0 Å². The Labute approximate surface area is 313 Å². The summed E-state index contributed by atoms with van der Waals surface area (Å²) in [6.45, 7) is 9.94. The van der Waals surface area contributed by atoms with Crippen LogP contribution in [0.25, 0.3) is 0 Å². The van der Waals surface area contributed by atoms with E-state index >= 15 is 0 Å². The van der Waals surface area contributed by atoms with Gasteiger partial charge in [0, 0.05) is 42.8 Å². The molecule has 2 saturated heterocycles. The molecule has 2 fully saturated rings. The average molecular weight is 753 g/mol. The number of nitrogens with zero attached hydrogens (tertiary/aromatic N) is 3. The lowest BCUT2D eigenvalue weighted by Crippen LogP contribution is -2.65. The molecular weight excluding hydrogens is 700 g/mol. The Kier molecular flexibility index (Phi) is 10.7. The van der Waals surface area contributed by atoms with Gasteiger partial charge in [0.25, 0.3) is 5.91 Å². The van der Waals surface area contributed by atoms with Crippen LogP contribution < -0.4 is 14.4 Å². The maximum atomic E-state index is 14.6. The van der Waals surface area contributed by atoms with E-state index in [9.17, 15) is 13.8 Å². The van der Waals surface area contributed by atoms with Gasteiger partial charge in [-0.25, -0.2) is 9.00 Å². The molecule has 0 unspecified atom stereocenters. The zero-order valence-electron chi connectivity index (χ0n) is 30.9. The lowest BCUT2D eigenvalue weighted by molar-refractivity contribution is -0.0905. The summed E-state index contributed by atoms with van der Waals surface area (Å²) < 4.78 is 40.3. The fourth-order valence-corrected chi connectivity index (χ4v) is 11.2. The van der Waals surface area contributed by atoms with Crippen LogP contribution in [0.3, 0.4) is 0 Å². The summed E-state index contributed by atoms with van der Waals surface area (Å²) in [4.78, 5) is 31.5. The van der Waals surface area contributed by atoms with E-state index < -0.39 is 21.9 Å². The largest absolute Gasteiger partial charge is 0.490 e. The molecule has 1 aliphatic carbocycles. The molecule has 4 heterocycles. The Balaban J connectivity index is 1.27. The molecule has 0 aromatic heterocycles. The number of allylic oxidation sites excluding steroid dienone is 1. The maximum absolute atomic E-state index is 14.6. The predicted octanol–water partition coefficient (Wildman–Crippen LogP) is 7.18. The zero-order chi connectivity index (χ0) is 36.7. The molecule has 2 aromatic rings. The fourth-order valence-electron chi connectivity index (χ4n) is 9.12. The summed E-state index contributed by atoms with van der Waals surface area (Å²) in [6, 6.07) is 11.1. The van der Waals surface area contributed by atoms with E-state index in [1.807, 2.05) is 25.1 Å². The number of nitrogens with one attached hydrogen (secondary N) is 1. The van der Waals surface area contributed by atoms with E-state index in [-0.39, 0.29) is 40.6 Å². The highest BCUT2D eigenvalue weighted by Crippen LogP contribution is 2.45. The van der Waals surface area contributed by atoms with Gasteiger partial charge in [-0.15, -0.1) is 4.36 Å². The standard InChI is InChI=1S/C40H53ClN4O6S/c1-5-29-21-44-23-39(16-7-10-30-19-32(41)13-14-33(30)39)26-50-36-15-12-31(20-34(36)44)37(46)42-52(48,22-27(2)9-6-11-35(49-4)28(29)3)43-38(47)45-24-40(25-45)17-8-18-51-40/h6,11-15,19-20,27-29,35H,5,7-10,16-18,21-26H2,1-4H3,(H,42,43,46,47,48)/b11-6+/t27-,28+,29-,35-,39-,52-/m0/s1. The highest BCUT2D eigenvalue weighted by atomic mass is 35.5. The average Bonchev–Trinajstić information content (AvgIpc) is 3.55. The third-order valence-electron chi connectivity index (χ3n) is 12.1. The number of anilines is 1. The van der Waals surface area contributed by atoms with Crippen molar-refractivity contribution in [1.29, 1.82) is 0 Å². The third kappa shape index (κ3) is 7.48. The summed E-state index contributed by atoms with van der Waals surface area (Å²) in [7, 11) is -1.74. The van der Waals surface area contributed by atoms with Gasteiger partial charge in [0.15, 0.2) is 0 Å². The van der Waals surface area contributed by atoms with Crippen LogP contribution >= 0.6 is 11.6 Å². The number of hydrogen-bond donors (Lipinski definition) is 1. The van der Waals surface area contributed by atoms with Gasteiger partial charge in [-0.2, -0.15) is 0 Å². The second-order valence-electron chi connectivity index (χ2n) is 15.9. The maximum Gasteiger partial charge on any atom is 0.330 e. The molecule has 0 saturated carbocycles. The molecule has 5 aliphatic rings. The highest BCUT2D eigenvalue weighted by Gasteiger charge is 2.49. The van der Waals surface area contributed by atoms with Crippen molar-refractivity contribution in [3.63, 3.8) is 0 Å². The predicted molar refractivity (Wildman–Crippen MR) is 205 cm³/mol. The number of carbonyl (C=O) groups excluding carboxylic acids is 2. The molecule has 6 atom stereocenters. The molecule has 2 aromatic carbocycles. The molecule has 10 nitrogen and oxygen atoms in total. The monoisotopic (exact) mass is 752 g/mol. The number of halogens is 1. The number of rotatable bonds is 3. The molecule has 7 rings (SSSR count). The van der Waals surface area contributed by atoms with Crippen LogP contribution in [0, 0.1) is 17.8 Å². The molecule has 0 radical (unpaired) electrons. The molecule has 2 bridgehead atoms. The quantitative estimate of drug-likeness (QED) is 0.331. The van der Waals surface area contributed by atoms with E-state index in [1.165, 1.54) is 11.1 Å². The van der Waals surface area contributed by atoms with E-state index in [0.29, 0.717) is 50.6 Å². The second kappa shape index (κ2) is 15.0. The van der Waals surface area contributed by atoms with Crippen LogP contribution in [0.2, 0.25) is 5.02 Å². The first-order chi connectivity index (χ1) is 24.9. The molecule has 2 spiro atoms. The Morgan fingerprint density at radius 2 is 1.96 bits per heavy atom. The molecule has 3 amide bonds. The number of hydrogen-bond acceptors (Lipinski definition) is 7. The van der Waals surface area contributed by atoms with Crippen molar-refractivity contribution in [3.8, 4) is 5.75 Å². The van der Waals surface area contributed by atoms with Crippen LogP contribution in [-0.2, 0) is 31.2 Å². The first-order valence-electron chi connectivity index (χ1n) is 18.9. The number of amides is 3. The molecule has 52 heavy (non-hydrogen) atoms. The van der Waals surface area contributed by atoms with Crippen LogP contribution in [0.4, 0.5) is 10.5 Å². The normalized spacial score (nSPS) is 32.3. The smallest absolute Gasteiger partial charge is 0.330 e. The number of fused-ring (bicyclic) bond motifs is 3. The van der Waals surface area contributed by atoms with Gasteiger partial charge in [0.2, 0.25) is 0 Å². The molecule has 4 aliphatic heterocycles. The Bertz CT molecular complexity index is 1830. The lowest BCUT2D eigenvalue weighted by atomic mass is 9.70. The number of carbonyl (C=O) groups is 2. The van der Waals surface area contributed by atoms with Gasteiger partial charge in [0.1, 0.15) is 21.3 Å². The van der Waals surface area contributed by atoms with Crippen molar-refractivity contribution < 1.29 is 28.0 Å². The van der Waals surface area contributed by atoms with Crippen molar-refractivity contribution in [1.82, 2.24) is 9.62 Å². The van der Waals surface area contributed by atoms with Crippen molar-refractivity contribution in [2.75, 3.05) is 57.2 Å². The summed E-state index contributed by atoms with van der Waals surface area (Å²) in [5, 5.41) is 0.739. The zero-order valence-corrected chi connectivity index (χ0v) is 32.5. The number of ether oxygens (including phenoxy) is 3. The second-order valence-corrected chi connectivity index (χ2v) is 18.3. The minimum atomic E-state index is -3.49. The SMILES string of the molecule is CC[C@H]1CN2C[C@@]3(CCCc4cc(Cl)ccc43)COc3ccc(cc32)C(=O)N=[S@](=O)(NC(=O)N2CC3(CCCO3)C2)C[C@@H](C)C/C=C/[C@H](OC)[C@@H]1C. The van der Waals surface area contributed by atoms with Gasteiger partial charge >= 0.3 is 6.03 Å². The van der Waals surface area contributed by atoms with Crippen LogP contribution in [0.15, 0.2) is 52.9 Å². The Hall–Kier alpha value is -3.12. The first-order valence-corrected chi connectivity index (χ1v) is 21.0. The lowest BCUT2D eigenvalue weighted by Gasteiger charge is -2.46.